The van der Waals surface area contributed by atoms with E-state index in [2.05, 4.69) is 15.3 Å². The summed E-state index contributed by atoms with van der Waals surface area (Å²) in [7, 11) is 0. The predicted octanol–water partition coefficient (Wildman–Crippen LogP) is 1.72. The molecular weight excluding hydrogens is 296 g/mol. The van der Waals surface area contributed by atoms with Gasteiger partial charge in [-0.2, -0.15) is 0 Å². The Hall–Kier alpha value is -1.73. The first-order valence-electron chi connectivity index (χ1n) is 8.32. The molecule has 1 aromatic rings. The fourth-order valence-corrected chi connectivity index (χ4v) is 3.63. The van der Waals surface area contributed by atoms with Crippen molar-refractivity contribution in [3.05, 3.63) is 17.6 Å². The van der Waals surface area contributed by atoms with E-state index in [-0.39, 0.29) is 12.1 Å². The molecule has 0 radical (unpaired) electrons. The number of amides is 1. The van der Waals surface area contributed by atoms with Crippen molar-refractivity contribution in [3.8, 4) is 0 Å². The van der Waals surface area contributed by atoms with Gasteiger partial charge in [0, 0.05) is 24.9 Å². The van der Waals surface area contributed by atoms with E-state index in [1.54, 1.807) is 4.90 Å². The maximum absolute atomic E-state index is 12.4. The number of nitrogens with zero attached hydrogens (tertiary/aromatic N) is 3. The van der Waals surface area contributed by atoms with Gasteiger partial charge in [0.05, 0.1) is 25.5 Å². The van der Waals surface area contributed by atoms with Gasteiger partial charge >= 0.3 is 6.09 Å². The Kier molecular flexibility index (Phi) is 3.69. The van der Waals surface area contributed by atoms with Crippen LogP contribution in [-0.2, 0) is 9.47 Å². The van der Waals surface area contributed by atoms with Gasteiger partial charge in [-0.3, -0.25) is 4.90 Å². The van der Waals surface area contributed by atoms with Crippen LogP contribution in [0.2, 0.25) is 0 Å². The maximum Gasteiger partial charge on any atom is 0.416 e. The summed E-state index contributed by atoms with van der Waals surface area (Å²) >= 11 is 0. The number of nitrogens with one attached hydrogen (secondary N) is 1. The third-order valence-corrected chi connectivity index (χ3v) is 4.91. The van der Waals surface area contributed by atoms with Gasteiger partial charge in [-0.1, -0.05) is 0 Å². The van der Waals surface area contributed by atoms with Gasteiger partial charge < -0.3 is 14.8 Å². The first-order valence-corrected chi connectivity index (χ1v) is 8.32. The van der Waals surface area contributed by atoms with Crippen molar-refractivity contribution in [1.29, 1.82) is 0 Å². The Morgan fingerprint density at radius 3 is 2.91 bits per heavy atom. The van der Waals surface area contributed by atoms with Gasteiger partial charge in [-0.15, -0.1) is 0 Å². The first-order chi connectivity index (χ1) is 11.2. The average Bonchev–Trinajstić information content (AvgIpc) is 3.16. The maximum atomic E-state index is 12.4. The molecule has 1 spiro atoms. The number of aryl methyl sites for hydroxylation is 1. The molecule has 1 amide bonds. The van der Waals surface area contributed by atoms with Gasteiger partial charge in [0.15, 0.2) is 0 Å². The van der Waals surface area contributed by atoms with Crippen LogP contribution in [0, 0.1) is 6.92 Å². The van der Waals surface area contributed by atoms with E-state index in [4.69, 9.17) is 9.47 Å². The van der Waals surface area contributed by atoms with Gasteiger partial charge in [0.2, 0.25) is 0 Å². The zero-order chi connectivity index (χ0) is 15.9. The molecule has 3 aliphatic heterocycles. The third-order valence-electron chi connectivity index (χ3n) is 4.91. The topological polar surface area (TPSA) is 76.6 Å². The number of ether oxygens (including phenoxy) is 2. The van der Waals surface area contributed by atoms with Crippen LogP contribution in [0.1, 0.15) is 43.2 Å². The summed E-state index contributed by atoms with van der Waals surface area (Å²) in [5, 5.41) is 3.44. The summed E-state index contributed by atoms with van der Waals surface area (Å²) in [6, 6.07) is 2.18. The lowest BCUT2D eigenvalue weighted by molar-refractivity contribution is -0.0431. The predicted molar refractivity (Wildman–Crippen MR) is 83.4 cm³/mol. The normalized spacial score (nSPS) is 26.7. The molecule has 4 heterocycles. The molecule has 3 fully saturated rings. The number of carbonyl (C=O) groups excluding carboxylic acids is 1. The van der Waals surface area contributed by atoms with Crippen molar-refractivity contribution in [2.75, 3.05) is 31.2 Å². The molecule has 0 aromatic carbocycles. The summed E-state index contributed by atoms with van der Waals surface area (Å²) in [6.45, 7) is 4.71. The first kappa shape index (κ1) is 14.8. The Bertz CT molecular complexity index is 609. The van der Waals surface area contributed by atoms with E-state index in [9.17, 15) is 4.79 Å². The highest BCUT2D eigenvalue weighted by molar-refractivity contribution is 5.89. The minimum Gasteiger partial charge on any atom is -0.440 e. The molecule has 124 valence electrons. The smallest absolute Gasteiger partial charge is 0.416 e. The molecule has 3 saturated heterocycles. The second kappa shape index (κ2) is 5.72. The van der Waals surface area contributed by atoms with Crippen LogP contribution < -0.4 is 10.2 Å². The Morgan fingerprint density at radius 2 is 2.17 bits per heavy atom. The molecule has 0 aliphatic carbocycles. The van der Waals surface area contributed by atoms with Crippen molar-refractivity contribution in [2.24, 2.45) is 0 Å². The standard InChI is InChI=1S/C16H22N4O3/c1-11-18-13(12-3-2-6-17-12)9-14(19-11)20-10-16(23-15(20)21)4-7-22-8-5-16/h9,12,17H,2-8,10H2,1H3/t12-/m1/s1. The number of hydrogen-bond donors (Lipinski definition) is 1. The summed E-state index contributed by atoms with van der Waals surface area (Å²) in [5.74, 6) is 1.33. The largest absolute Gasteiger partial charge is 0.440 e. The van der Waals surface area contributed by atoms with Crippen molar-refractivity contribution in [1.82, 2.24) is 15.3 Å². The Morgan fingerprint density at radius 1 is 1.35 bits per heavy atom. The second-order valence-corrected chi connectivity index (χ2v) is 6.60. The minimum absolute atomic E-state index is 0.256. The van der Waals surface area contributed by atoms with Crippen molar-refractivity contribution < 1.29 is 14.3 Å². The lowest BCUT2D eigenvalue weighted by Gasteiger charge is -2.30. The van der Waals surface area contributed by atoms with Crippen LogP contribution in [0.3, 0.4) is 0 Å². The molecule has 0 saturated carbocycles. The minimum atomic E-state index is -0.417. The van der Waals surface area contributed by atoms with Crippen molar-refractivity contribution >= 4 is 11.9 Å². The van der Waals surface area contributed by atoms with Crippen LogP contribution in [0.25, 0.3) is 0 Å². The van der Waals surface area contributed by atoms with Gasteiger partial charge in [-0.25, -0.2) is 14.8 Å². The number of anilines is 1. The number of carbonyl (C=O) groups is 1. The number of rotatable bonds is 2. The van der Waals surface area contributed by atoms with E-state index in [0.29, 0.717) is 31.4 Å². The molecule has 3 aliphatic rings. The van der Waals surface area contributed by atoms with E-state index in [1.165, 1.54) is 0 Å². The van der Waals surface area contributed by atoms with Crippen LogP contribution in [0.5, 0.6) is 0 Å². The van der Waals surface area contributed by atoms with Gasteiger partial charge in [0.1, 0.15) is 17.2 Å². The molecule has 0 bridgehead atoms. The molecule has 7 nitrogen and oxygen atoms in total. The summed E-state index contributed by atoms with van der Waals surface area (Å²) in [6.07, 6.45) is 3.40. The monoisotopic (exact) mass is 318 g/mol. The molecule has 1 atom stereocenters. The Labute approximate surface area is 135 Å². The summed E-state index contributed by atoms with van der Waals surface area (Å²) < 4.78 is 11.1. The van der Waals surface area contributed by atoms with Crippen molar-refractivity contribution in [3.63, 3.8) is 0 Å². The van der Waals surface area contributed by atoms with E-state index in [1.807, 2.05) is 13.0 Å². The lowest BCUT2D eigenvalue weighted by Crippen LogP contribution is -2.40. The molecule has 23 heavy (non-hydrogen) atoms. The van der Waals surface area contributed by atoms with Crippen LogP contribution in [0.15, 0.2) is 6.07 Å². The van der Waals surface area contributed by atoms with Crippen LogP contribution in [0.4, 0.5) is 10.6 Å². The number of hydrogen-bond acceptors (Lipinski definition) is 6. The average molecular weight is 318 g/mol. The van der Waals surface area contributed by atoms with E-state index < -0.39 is 5.60 Å². The fourth-order valence-electron chi connectivity index (χ4n) is 3.63. The van der Waals surface area contributed by atoms with Gasteiger partial charge in [-0.05, 0) is 26.3 Å². The molecule has 0 unspecified atom stereocenters. The zero-order valence-electron chi connectivity index (χ0n) is 13.4. The van der Waals surface area contributed by atoms with E-state index >= 15 is 0 Å². The molecule has 1 aromatic heterocycles. The number of aromatic nitrogens is 2. The van der Waals surface area contributed by atoms with Gasteiger partial charge in [0.25, 0.3) is 0 Å². The highest BCUT2D eigenvalue weighted by atomic mass is 16.6. The highest BCUT2D eigenvalue weighted by Gasteiger charge is 2.47. The summed E-state index contributed by atoms with van der Waals surface area (Å²) in [5.41, 5.74) is 0.547. The van der Waals surface area contributed by atoms with E-state index in [0.717, 1.165) is 37.9 Å². The zero-order valence-corrected chi connectivity index (χ0v) is 13.4. The SMILES string of the molecule is Cc1nc([C@H]2CCCN2)cc(N2CC3(CCOCC3)OC2=O)n1. The second-order valence-electron chi connectivity index (χ2n) is 6.60. The lowest BCUT2D eigenvalue weighted by atomic mass is 9.94. The van der Waals surface area contributed by atoms with Crippen LogP contribution >= 0.6 is 0 Å². The van der Waals surface area contributed by atoms with Crippen LogP contribution in [-0.4, -0.2) is 48.0 Å². The molecule has 4 rings (SSSR count). The highest BCUT2D eigenvalue weighted by Crippen LogP contribution is 2.35. The molecular formula is C16H22N4O3. The Balaban J connectivity index is 1.61. The fraction of sp³-hybridized carbons (Fsp3) is 0.688. The summed E-state index contributed by atoms with van der Waals surface area (Å²) in [4.78, 5) is 23.0. The molecule has 1 N–H and O–H groups in total. The quantitative estimate of drug-likeness (QED) is 0.894. The molecule has 7 heteroatoms. The van der Waals surface area contributed by atoms with Crippen molar-refractivity contribution in [2.45, 2.75) is 44.2 Å². The third kappa shape index (κ3) is 2.79.